The first-order valence-corrected chi connectivity index (χ1v) is 6.47. The molecule has 0 radical (unpaired) electrons. The number of nitrogens with one attached hydrogen (secondary N) is 1. The van der Waals surface area contributed by atoms with Crippen LogP contribution in [0, 0.1) is 0 Å². The van der Waals surface area contributed by atoms with Gasteiger partial charge in [0.1, 0.15) is 17.1 Å². The summed E-state index contributed by atoms with van der Waals surface area (Å²) in [5, 5.41) is 12.2. The SMILES string of the molecule is C=CC(Cn1c(Br)cc2c(Cl)ncnc21)NC(=O)O. The predicted molar refractivity (Wildman–Crippen MR) is 75.4 cm³/mol. The van der Waals surface area contributed by atoms with Crippen molar-refractivity contribution in [1.82, 2.24) is 19.9 Å². The first-order valence-electron chi connectivity index (χ1n) is 5.30. The van der Waals surface area contributed by atoms with E-state index in [1.165, 1.54) is 12.4 Å². The molecule has 0 saturated heterocycles. The maximum absolute atomic E-state index is 10.7. The van der Waals surface area contributed by atoms with E-state index in [0.29, 0.717) is 22.7 Å². The largest absolute Gasteiger partial charge is 0.465 e. The second kappa shape index (κ2) is 5.58. The first kappa shape index (κ1) is 13.8. The second-order valence-corrected chi connectivity index (χ2v) is 4.94. The quantitative estimate of drug-likeness (QED) is 0.659. The highest BCUT2D eigenvalue weighted by molar-refractivity contribution is 9.10. The topological polar surface area (TPSA) is 80.0 Å². The van der Waals surface area contributed by atoms with Crippen molar-refractivity contribution in [2.24, 2.45) is 0 Å². The molecule has 8 heteroatoms. The fourth-order valence-corrected chi connectivity index (χ4v) is 2.44. The molecule has 2 N–H and O–H groups in total. The molecule has 0 aliphatic rings. The van der Waals surface area contributed by atoms with Gasteiger partial charge in [0.25, 0.3) is 0 Å². The average Bonchev–Trinajstić information content (AvgIpc) is 2.67. The van der Waals surface area contributed by atoms with Crippen molar-refractivity contribution in [1.29, 1.82) is 0 Å². The molecule has 2 aromatic heterocycles. The van der Waals surface area contributed by atoms with Crippen molar-refractivity contribution in [3.05, 3.63) is 34.8 Å². The highest BCUT2D eigenvalue weighted by Gasteiger charge is 2.15. The third kappa shape index (κ3) is 2.87. The van der Waals surface area contributed by atoms with Crippen molar-refractivity contribution in [3.63, 3.8) is 0 Å². The lowest BCUT2D eigenvalue weighted by atomic mass is 10.3. The number of nitrogens with zero attached hydrogens (tertiary/aromatic N) is 3. The minimum atomic E-state index is -1.11. The average molecular weight is 346 g/mol. The third-order valence-electron chi connectivity index (χ3n) is 2.56. The van der Waals surface area contributed by atoms with Gasteiger partial charge in [-0.1, -0.05) is 17.7 Å². The molecule has 0 spiro atoms. The number of hydrogen-bond acceptors (Lipinski definition) is 3. The van der Waals surface area contributed by atoms with Crippen LogP contribution >= 0.6 is 27.5 Å². The molecule has 0 aliphatic carbocycles. The van der Waals surface area contributed by atoms with E-state index in [2.05, 4.69) is 37.8 Å². The standard InChI is InChI=1S/C11H10BrClN4O2/c1-2-6(16-11(18)19)4-17-8(12)3-7-9(13)14-5-15-10(7)17/h2-3,5-6,16H,1,4H2,(H,18,19). The Morgan fingerprint density at radius 2 is 2.42 bits per heavy atom. The van der Waals surface area contributed by atoms with Gasteiger partial charge < -0.3 is 15.0 Å². The maximum Gasteiger partial charge on any atom is 0.405 e. The molecule has 0 aromatic carbocycles. The zero-order chi connectivity index (χ0) is 14.0. The number of carbonyl (C=O) groups is 1. The molecule has 0 bridgehead atoms. The zero-order valence-electron chi connectivity index (χ0n) is 9.68. The molecule has 0 saturated carbocycles. The van der Waals surface area contributed by atoms with E-state index in [1.54, 1.807) is 10.6 Å². The molecule has 1 amide bonds. The fourth-order valence-electron chi connectivity index (χ4n) is 1.71. The summed E-state index contributed by atoms with van der Waals surface area (Å²) in [4.78, 5) is 18.7. The zero-order valence-corrected chi connectivity index (χ0v) is 12.0. The summed E-state index contributed by atoms with van der Waals surface area (Å²) in [7, 11) is 0. The molecule has 0 aliphatic heterocycles. The normalized spacial score (nSPS) is 12.3. The molecule has 19 heavy (non-hydrogen) atoms. The fraction of sp³-hybridized carbons (Fsp3) is 0.182. The van der Waals surface area contributed by atoms with Crippen LogP contribution in [0.5, 0.6) is 0 Å². The number of fused-ring (bicyclic) bond motifs is 1. The van der Waals surface area contributed by atoms with Crippen LogP contribution in [0.1, 0.15) is 0 Å². The lowest BCUT2D eigenvalue weighted by Gasteiger charge is -2.14. The summed E-state index contributed by atoms with van der Waals surface area (Å²) < 4.78 is 2.54. The molecular weight excluding hydrogens is 336 g/mol. The Labute approximate surface area is 122 Å². The Bertz CT molecular complexity index is 643. The summed E-state index contributed by atoms with van der Waals surface area (Å²) in [6, 6.07) is 1.36. The minimum absolute atomic E-state index is 0.353. The Morgan fingerprint density at radius 3 is 3.05 bits per heavy atom. The Hall–Kier alpha value is -1.60. The molecule has 2 heterocycles. The molecular formula is C11H10BrClN4O2. The monoisotopic (exact) mass is 344 g/mol. The minimum Gasteiger partial charge on any atom is -0.465 e. The van der Waals surface area contributed by atoms with Gasteiger partial charge in [-0.3, -0.25) is 0 Å². The van der Waals surface area contributed by atoms with Crippen LogP contribution < -0.4 is 5.32 Å². The van der Waals surface area contributed by atoms with Crippen LogP contribution in [0.25, 0.3) is 11.0 Å². The van der Waals surface area contributed by atoms with E-state index in [4.69, 9.17) is 16.7 Å². The van der Waals surface area contributed by atoms with Crippen molar-refractivity contribution in [2.75, 3.05) is 0 Å². The van der Waals surface area contributed by atoms with Crippen LogP contribution in [0.15, 0.2) is 29.7 Å². The number of halogens is 2. The Morgan fingerprint density at radius 1 is 1.68 bits per heavy atom. The van der Waals surface area contributed by atoms with E-state index in [0.717, 1.165) is 4.60 Å². The van der Waals surface area contributed by atoms with E-state index in [9.17, 15) is 4.79 Å². The maximum atomic E-state index is 10.7. The second-order valence-electron chi connectivity index (χ2n) is 3.77. The number of amides is 1. The van der Waals surface area contributed by atoms with Crippen molar-refractivity contribution < 1.29 is 9.90 Å². The van der Waals surface area contributed by atoms with Crippen LogP contribution in [0.4, 0.5) is 4.79 Å². The molecule has 2 rings (SSSR count). The highest BCUT2D eigenvalue weighted by atomic mass is 79.9. The smallest absolute Gasteiger partial charge is 0.405 e. The molecule has 1 unspecified atom stereocenters. The van der Waals surface area contributed by atoms with Crippen LogP contribution in [0.3, 0.4) is 0 Å². The van der Waals surface area contributed by atoms with E-state index >= 15 is 0 Å². The van der Waals surface area contributed by atoms with Gasteiger partial charge in [-0.25, -0.2) is 14.8 Å². The number of carboxylic acid groups (broad SMARTS) is 1. The summed E-state index contributed by atoms with van der Waals surface area (Å²) in [5.74, 6) is 0. The predicted octanol–water partition coefficient (Wildman–Crippen LogP) is 2.67. The van der Waals surface area contributed by atoms with E-state index in [1.807, 2.05) is 0 Å². The third-order valence-corrected chi connectivity index (χ3v) is 3.52. The summed E-state index contributed by atoms with van der Waals surface area (Å²) in [6.45, 7) is 3.96. The molecule has 2 aromatic rings. The van der Waals surface area contributed by atoms with Crippen molar-refractivity contribution in [2.45, 2.75) is 12.6 Å². The van der Waals surface area contributed by atoms with Gasteiger partial charge in [-0.05, 0) is 22.0 Å². The summed E-state index contributed by atoms with van der Waals surface area (Å²) in [6.07, 6.45) is 1.78. The van der Waals surface area contributed by atoms with Crippen molar-refractivity contribution >= 4 is 44.7 Å². The van der Waals surface area contributed by atoms with Gasteiger partial charge in [0, 0.05) is 6.54 Å². The Balaban J connectivity index is 2.39. The molecule has 6 nitrogen and oxygen atoms in total. The van der Waals surface area contributed by atoms with Gasteiger partial charge >= 0.3 is 6.09 Å². The van der Waals surface area contributed by atoms with Gasteiger partial charge in [-0.2, -0.15) is 0 Å². The number of rotatable bonds is 4. The molecule has 100 valence electrons. The van der Waals surface area contributed by atoms with Gasteiger partial charge in [-0.15, -0.1) is 6.58 Å². The van der Waals surface area contributed by atoms with Crippen LogP contribution in [-0.4, -0.2) is 31.8 Å². The molecule has 0 fully saturated rings. The number of hydrogen-bond donors (Lipinski definition) is 2. The summed E-state index contributed by atoms with van der Waals surface area (Å²) >= 11 is 9.38. The van der Waals surface area contributed by atoms with Gasteiger partial charge in [0.05, 0.1) is 16.0 Å². The summed E-state index contributed by atoms with van der Waals surface area (Å²) in [5.41, 5.74) is 0.630. The van der Waals surface area contributed by atoms with Gasteiger partial charge in [0.2, 0.25) is 0 Å². The first-order chi connectivity index (χ1) is 9.02. The van der Waals surface area contributed by atoms with Gasteiger partial charge in [0.15, 0.2) is 0 Å². The highest BCUT2D eigenvalue weighted by Crippen LogP contribution is 2.26. The van der Waals surface area contributed by atoms with Crippen LogP contribution in [-0.2, 0) is 6.54 Å². The van der Waals surface area contributed by atoms with Crippen LogP contribution in [0.2, 0.25) is 5.15 Å². The van der Waals surface area contributed by atoms with E-state index < -0.39 is 12.1 Å². The van der Waals surface area contributed by atoms with E-state index in [-0.39, 0.29) is 0 Å². The molecule has 1 atom stereocenters. The van der Waals surface area contributed by atoms with Crippen molar-refractivity contribution in [3.8, 4) is 0 Å². The lowest BCUT2D eigenvalue weighted by Crippen LogP contribution is -2.35. The number of aromatic nitrogens is 3. The Kier molecular flexibility index (Phi) is 4.06. The lowest BCUT2D eigenvalue weighted by molar-refractivity contribution is 0.191.